The van der Waals surface area contributed by atoms with Crippen molar-refractivity contribution in [2.75, 3.05) is 17.7 Å². The Balaban J connectivity index is 1.77. The van der Waals surface area contributed by atoms with Gasteiger partial charge in [-0.2, -0.15) is 4.98 Å². The first-order chi connectivity index (χ1) is 13.5. The molecule has 0 amide bonds. The van der Waals surface area contributed by atoms with Gasteiger partial charge in [-0.05, 0) is 61.9 Å². The maximum absolute atomic E-state index is 11.7. The Hall–Kier alpha value is -3.32. The fourth-order valence-electron chi connectivity index (χ4n) is 2.39. The summed E-state index contributed by atoms with van der Waals surface area (Å²) in [5.74, 6) is 0.809. The molecule has 0 radical (unpaired) electrons. The van der Waals surface area contributed by atoms with E-state index in [0.717, 1.165) is 5.56 Å². The molecule has 3 aromatic rings. The van der Waals surface area contributed by atoms with Crippen LogP contribution in [0.5, 0.6) is 11.6 Å². The van der Waals surface area contributed by atoms with Gasteiger partial charge in [0.05, 0.1) is 12.2 Å². The lowest BCUT2D eigenvalue weighted by molar-refractivity contribution is 0.0526. The normalized spacial score (nSPS) is 10.4. The minimum Gasteiger partial charge on any atom is -0.462 e. The number of hydrogen-bond acceptors (Lipinski definition) is 7. The molecule has 0 spiro atoms. The van der Waals surface area contributed by atoms with Crippen LogP contribution in [0.3, 0.4) is 0 Å². The third kappa shape index (κ3) is 4.50. The molecule has 0 atom stereocenters. The van der Waals surface area contributed by atoms with Gasteiger partial charge in [-0.25, -0.2) is 9.78 Å². The first-order valence-electron chi connectivity index (χ1n) is 8.56. The van der Waals surface area contributed by atoms with Gasteiger partial charge in [-0.1, -0.05) is 11.6 Å². The number of anilines is 3. The summed E-state index contributed by atoms with van der Waals surface area (Å²) >= 11 is 6.03. The zero-order valence-corrected chi connectivity index (χ0v) is 16.2. The predicted octanol–water partition coefficient (Wildman–Crippen LogP) is 4.73. The molecule has 3 N–H and O–H groups in total. The van der Waals surface area contributed by atoms with Crippen molar-refractivity contribution >= 4 is 34.8 Å². The molecule has 0 aliphatic carbocycles. The minimum absolute atomic E-state index is 0.224. The summed E-state index contributed by atoms with van der Waals surface area (Å²) in [5, 5.41) is 3.74. The highest BCUT2D eigenvalue weighted by Crippen LogP contribution is 2.32. The summed E-state index contributed by atoms with van der Waals surface area (Å²) < 4.78 is 10.7. The highest BCUT2D eigenvalue weighted by molar-refractivity contribution is 6.31. The van der Waals surface area contributed by atoms with E-state index in [1.807, 2.05) is 6.92 Å². The summed E-state index contributed by atoms with van der Waals surface area (Å²) in [4.78, 5) is 20.0. The van der Waals surface area contributed by atoms with Crippen molar-refractivity contribution in [2.45, 2.75) is 13.8 Å². The van der Waals surface area contributed by atoms with Gasteiger partial charge in [0.1, 0.15) is 17.8 Å². The number of esters is 1. The summed E-state index contributed by atoms with van der Waals surface area (Å²) in [6.07, 6.45) is 1.35. The van der Waals surface area contributed by atoms with E-state index >= 15 is 0 Å². The number of aromatic nitrogens is 2. The summed E-state index contributed by atoms with van der Waals surface area (Å²) in [7, 11) is 0. The van der Waals surface area contributed by atoms with Crippen molar-refractivity contribution in [1.82, 2.24) is 9.97 Å². The molecule has 0 unspecified atom stereocenters. The second kappa shape index (κ2) is 8.58. The number of nitrogens with two attached hydrogens (primary N) is 1. The molecule has 2 aromatic carbocycles. The Morgan fingerprint density at radius 2 is 1.93 bits per heavy atom. The minimum atomic E-state index is -0.371. The van der Waals surface area contributed by atoms with Crippen LogP contribution in [0.25, 0.3) is 0 Å². The molecule has 8 heteroatoms. The smallest absolute Gasteiger partial charge is 0.338 e. The van der Waals surface area contributed by atoms with E-state index in [1.54, 1.807) is 49.4 Å². The van der Waals surface area contributed by atoms with Crippen molar-refractivity contribution < 1.29 is 14.3 Å². The van der Waals surface area contributed by atoms with Crippen LogP contribution >= 0.6 is 11.6 Å². The number of ether oxygens (including phenoxy) is 2. The van der Waals surface area contributed by atoms with E-state index in [0.29, 0.717) is 34.4 Å². The van der Waals surface area contributed by atoms with Gasteiger partial charge in [-0.3, -0.25) is 0 Å². The maximum Gasteiger partial charge on any atom is 0.338 e. The van der Waals surface area contributed by atoms with Crippen molar-refractivity contribution in [1.29, 1.82) is 0 Å². The zero-order chi connectivity index (χ0) is 20.1. The van der Waals surface area contributed by atoms with Crippen molar-refractivity contribution in [3.05, 3.63) is 64.9 Å². The Kier molecular flexibility index (Phi) is 5.96. The molecule has 3 rings (SSSR count). The molecule has 1 aromatic heterocycles. The number of rotatable bonds is 6. The zero-order valence-electron chi connectivity index (χ0n) is 15.4. The van der Waals surface area contributed by atoms with Gasteiger partial charge >= 0.3 is 5.97 Å². The van der Waals surface area contributed by atoms with Crippen LogP contribution in [0.15, 0.2) is 48.8 Å². The molecule has 0 fully saturated rings. The van der Waals surface area contributed by atoms with Crippen LogP contribution < -0.4 is 15.8 Å². The monoisotopic (exact) mass is 398 g/mol. The number of carbonyl (C=O) groups is 1. The Labute approximate surface area is 167 Å². The molecule has 0 saturated heterocycles. The van der Waals surface area contributed by atoms with E-state index in [1.165, 1.54) is 6.33 Å². The van der Waals surface area contributed by atoms with Crippen LogP contribution in [0.1, 0.15) is 22.8 Å². The largest absolute Gasteiger partial charge is 0.462 e. The van der Waals surface area contributed by atoms with E-state index in [-0.39, 0.29) is 17.5 Å². The summed E-state index contributed by atoms with van der Waals surface area (Å²) in [6, 6.07) is 12.1. The Morgan fingerprint density at radius 3 is 2.61 bits per heavy atom. The Bertz CT molecular complexity index is 993. The number of benzene rings is 2. The number of hydrogen-bond donors (Lipinski definition) is 2. The molecule has 7 nitrogen and oxygen atoms in total. The first kappa shape index (κ1) is 19.4. The van der Waals surface area contributed by atoms with Crippen LogP contribution in [0.4, 0.5) is 17.2 Å². The van der Waals surface area contributed by atoms with Crippen LogP contribution in [0, 0.1) is 6.92 Å². The molecule has 1 heterocycles. The SMILES string of the molecule is CCOC(=O)c1ccc(Nc2ncnc(Oc3ccc(Cl)c(C)c3)c2N)cc1. The fourth-order valence-corrected chi connectivity index (χ4v) is 2.51. The summed E-state index contributed by atoms with van der Waals surface area (Å²) in [6.45, 7) is 3.97. The molecule has 0 bridgehead atoms. The lowest BCUT2D eigenvalue weighted by Crippen LogP contribution is -2.05. The summed E-state index contributed by atoms with van der Waals surface area (Å²) in [5.41, 5.74) is 8.45. The fraction of sp³-hybridized carbons (Fsp3) is 0.150. The average molecular weight is 399 g/mol. The van der Waals surface area contributed by atoms with Gasteiger partial charge in [0.25, 0.3) is 0 Å². The lowest BCUT2D eigenvalue weighted by atomic mass is 10.2. The highest BCUT2D eigenvalue weighted by atomic mass is 35.5. The molecular weight excluding hydrogens is 380 g/mol. The molecule has 0 aliphatic rings. The third-order valence-electron chi connectivity index (χ3n) is 3.85. The molecule has 28 heavy (non-hydrogen) atoms. The van der Waals surface area contributed by atoms with Gasteiger partial charge in [0, 0.05) is 10.7 Å². The van der Waals surface area contributed by atoms with E-state index in [2.05, 4.69) is 15.3 Å². The number of carbonyl (C=O) groups excluding carboxylic acids is 1. The lowest BCUT2D eigenvalue weighted by Gasteiger charge is -2.12. The van der Waals surface area contributed by atoms with Crippen LogP contribution in [-0.2, 0) is 4.74 Å². The number of nitrogen functional groups attached to an aromatic ring is 1. The van der Waals surface area contributed by atoms with Crippen molar-refractivity contribution in [2.24, 2.45) is 0 Å². The number of nitrogens with zero attached hydrogens (tertiary/aromatic N) is 2. The van der Waals surface area contributed by atoms with E-state index in [9.17, 15) is 4.79 Å². The quantitative estimate of drug-likeness (QED) is 0.579. The van der Waals surface area contributed by atoms with Gasteiger partial charge in [-0.15, -0.1) is 0 Å². The van der Waals surface area contributed by atoms with E-state index in [4.69, 9.17) is 26.8 Å². The second-order valence-corrected chi connectivity index (χ2v) is 6.28. The average Bonchev–Trinajstić information content (AvgIpc) is 2.68. The van der Waals surface area contributed by atoms with Gasteiger partial charge in [0.2, 0.25) is 5.88 Å². The molecule has 0 aliphatic heterocycles. The molecular formula is C20H19ClN4O3. The van der Waals surface area contributed by atoms with E-state index < -0.39 is 0 Å². The molecule has 0 saturated carbocycles. The maximum atomic E-state index is 11.7. The highest BCUT2D eigenvalue weighted by Gasteiger charge is 2.12. The number of aryl methyl sites for hydroxylation is 1. The van der Waals surface area contributed by atoms with Gasteiger partial charge in [0.15, 0.2) is 5.82 Å². The first-order valence-corrected chi connectivity index (χ1v) is 8.94. The Morgan fingerprint density at radius 1 is 1.18 bits per heavy atom. The topological polar surface area (TPSA) is 99.4 Å². The number of nitrogens with one attached hydrogen (secondary N) is 1. The third-order valence-corrected chi connectivity index (χ3v) is 4.27. The van der Waals surface area contributed by atoms with Crippen LogP contribution in [0.2, 0.25) is 5.02 Å². The van der Waals surface area contributed by atoms with Crippen molar-refractivity contribution in [3.63, 3.8) is 0 Å². The standard InChI is InChI=1S/C20H19ClN4O3/c1-3-27-20(26)13-4-6-14(7-5-13)25-18-17(22)19(24-11-23-18)28-15-8-9-16(21)12(2)10-15/h4-11H,3,22H2,1-2H3,(H,23,24,25). The van der Waals surface area contributed by atoms with Crippen LogP contribution in [-0.4, -0.2) is 22.5 Å². The number of halogens is 1. The van der Waals surface area contributed by atoms with Crippen molar-refractivity contribution in [3.8, 4) is 11.6 Å². The predicted molar refractivity (Wildman–Crippen MR) is 108 cm³/mol. The second-order valence-electron chi connectivity index (χ2n) is 5.88. The van der Waals surface area contributed by atoms with Gasteiger partial charge < -0.3 is 20.5 Å². The molecule has 144 valence electrons.